The topological polar surface area (TPSA) is 35.9 Å². The van der Waals surface area contributed by atoms with Crippen LogP contribution in [-0.2, 0) is 4.74 Å². The highest BCUT2D eigenvalue weighted by Gasteiger charge is 2.48. The summed E-state index contributed by atoms with van der Waals surface area (Å²) < 4.78 is 5.91. The van der Waals surface area contributed by atoms with Gasteiger partial charge in [0.05, 0.1) is 18.1 Å². The molecule has 0 spiro atoms. The Bertz CT molecular complexity index is 337. The van der Waals surface area contributed by atoms with E-state index >= 15 is 0 Å². The van der Waals surface area contributed by atoms with Crippen molar-refractivity contribution >= 4 is 11.6 Å². The Kier molecular flexibility index (Phi) is 4.90. The average molecular weight is 289 g/mol. The molecule has 6 atom stereocenters. The Morgan fingerprint density at radius 3 is 2.84 bits per heavy atom. The summed E-state index contributed by atoms with van der Waals surface area (Å²) >= 11 is 6.52. The van der Waals surface area contributed by atoms with Crippen LogP contribution in [-0.4, -0.2) is 72.4 Å². The van der Waals surface area contributed by atoms with Gasteiger partial charge in [-0.15, -0.1) is 11.6 Å². The molecule has 6 unspecified atom stereocenters. The molecule has 0 radical (unpaired) electrons. The molecule has 1 fully saturated rings. The van der Waals surface area contributed by atoms with Crippen LogP contribution in [0.5, 0.6) is 0 Å². The first kappa shape index (κ1) is 15.3. The lowest BCUT2D eigenvalue weighted by Gasteiger charge is -2.35. The summed E-state index contributed by atoms with van der Waals surface area (Å²) in [5, 5.41) is 9.98. The zero-order valence-electron chi connectivity index (χ0n) is 12.2. The fraction of sp³-hybridized carbons (Fsp3) is 0.857. The van der Waals surface area contributed by atoms with Gasteiger partial charge in [0, 0.05) is 12.1 Å². The average Bonchev–Trinajstić information content (AvgIpc) is 2.61. The number of fused-ring (bicyclic) bond motifs is 1. The standard InChI is InChI=1S/C14H25ClN2O2/c1-9-13(15)10-6-5-7-11(14(10)17(9)4)19-8-12(18)16(2)3/h5,7,9-14,18H,6,8H2,1-4H3. The highest BCUT2D eigenvalue weighted by Crippen LogP contribution is 2.40. The van der Waals surface area contributed by atoms with Crippen LogP contribution in [0.25, 0.3) is 0 Å². The van der Waals surface area contributed by atoms with Crippen molar-refractivity contribution < 1.29 is 9.84 Å². The van der Waals surface area contributed by atoms with Gasteiger partial charge in [-0.3, -0.25) is 9.80 Å². The number of alkyl halides is 1. The molecule has 4 nitrogen and oxygen atoms in total. The molecule has 110 valence electrons. The molecule has 0 aromatic rings. The molecule has 2 aliphatic rings. The molecule has 0 saturated carbocycles. The summed E-state index contributed by atoms with van der Waals surface area (Å²) in [5.74, 6) is 0.438. The van der Waals surface area contributed by atoms with Gasteiger partial charge in [-0.1, -0.05) is 12.2 Å². The smallest absolute Gasteiger partial charge is 0.130 e. The van der Waals surface area contributed by atoms with Crippen LogP contribution in [0.1, 0.15) is 13.3 Å². The molecular weight excluding hydrogens is 264 g/mol. The third kappa shape index (κ3) is 2.98. The van der Waals surface area contributed by atoms with Crippen molar-refractivity contribution in [1.82, 2.24) is 9.80 Å². The molecule has 0 aromatic carbocycles. The van der Waals surface area contributed by atoms with E-state index in [0.717, 1.165) is 6.42 Å². The zero-order chi connectivity index (χ0) is 14.2. The van der Waals surface area contributed by atoms with Gasteiger partial charge in [0.15, 0.2) is 0 Å². The van der Waals surface area contributed by atoms with Crippen molar-refractivity contribution in [1.29, 1.82) is 0 Å². The fourth-order valence-electron chi connectivity index (χ4n) is 3.07. The number of likely N-dealkylation sites (N-methyl/N-ethyl adjacent to an activating group) is 2. The number of ether oxygens (including phenoxy) is 1. The van der Waals surface area contributed by atoms with Crippen LogP contribution >= 0.6 is 11.6 Å². The first-order chi connectivity index (χ1) is 8.93. The van der Waals surface area contributed by atoms with Gasteiger partial charge in [0.25, 0.3) is 0 Å². The second kappa shape index (κ2) is 6.10. The van der Waals surface area contributed by atoms with E-state index in [9.17, 15) is 5.11 Å². The van der Waals surface area contributed by atoms with Gasteiger partial charge in [-0.2, -0.15) is 0 Å². The molecule has 2 rings (SSSR count). The molecule has 19 heavy (non-hydrogen) atoms. The number of halogens is 1. The van der Waals surface area contributed by atoms with E-state index < -0.39 is 6.23 Å². The number of allylic oxidation sites excluding steroid dienone is 1. The number of hydrogen-bond donors (Lipinski definition) is 1. The maximum absolute atomic E-state index is 9.80. The first-order valence-electron chi connectivity index (χ1n) is 6.92. The first-order valence-corrected chi connectivity index (χ1v) is 7.36. The van der Waals surface area contributed by atoms with Crippen molar-refractivity contribution in [2.75, 3.05) is 27.7 Å². The Morgan fingerprint density at radius 2 is 2.21 bits per heavy atom. The maximum Gasteiger partial charge on any atom is 0.130 e. The van der Waals surface area contributed by atoms with E-state index in [1.54, 1.807) is 4.90 Å². The van der Waals surface area contributed by atoms with Gasteiger partial charge in [-0.05, 0) is 40.4 Å². The molecule has 0 bridgehead atoms. The summed E-state index contributed by atoms with van der Waals surface area (Å²) in [7, 11) is 5.79. The van der Waals surface area contributed by atoms with E-state index in [-0.39, 0.29) is 11.5 Å². The van der Waals surface area contributed by atoms with Crippen LogP contribution in [0.15, 0.2) is 12.2 Å². The third-order valence-electron chi connectivity index (χ3n) is 4.53. The molecule has 0 aromatic heterocycles. The second-order valence-corrected chi connectivity index (χ2v) is 6.41. The van der Waals surface area contributed by atoms with Gasteiger partial charge < -0.3 is 9.84 Å². The van der Waals surface area contributed by atoms with E-state index in [4.69, 9.17) is 16.3 Å². The SMILES string of the molecule is CC1C(Cl)C2CC=CC(OCC(O)N(C)C)C2N1C. The van der Waals surface area contributed by atoms with E-state index in [1.807, 2.05) is 14.1 Å². The lowest BCUT2D eigenvalue weighted by Crippen LogP contribution is -2.45. The molecule has 1 N–H and O–H groups in total. The lowest BCUT2D eigenvalue weighted by atomic mass is 9.87. The van der Waals surface area contributed by atoms with E-state index in [1.165, 1.54) is 0 Å². The van der Waals surface area contributed by atoms with Crippen molar-refractivity contribution in [3.8, 4) is 0 Å². The highest BCUT2D eigenvalue weighted by atomic mass is 35.5. The Balaban J connectivity index is 2.01. The van der Waals surface area contributed by atoms with Gasteiger partial charge in [0.1, 0.15) is 6.23 Å². The normalized spacial score (nSPS) is 40.7. The summed E-state index contributed by atoms with van der Waals surface area (Å²) in [5.41, 5.74) is 0. The number of likely N-dealkylation sites (tertiary alicyclic amines) is 1. The molecule has 0 amide bonds. The van der Waals surface area contributed by atoms with Crippen LogP contribution in [0.4, 0.5) is 0 Å². The van der Waals surface area contributed by atoms with Gasteiger partial charge in [-0.25, -0.2) is 0 Å². The van der Waals surface area contributed by atoms with E-state index in [0.29, 0.717) is 24.6 Å². The highest BCUT2D eigenvalue weighted by molar-refractivity contribution is 6.21. The van der Waals surface area contributed by atoms with Crippen LogP contribution in [0, 0.1) is 5.92 Å². The maximum atomic E-state index is 9.80. The zero-order valence-corrected chi connectivity index (χ0v) is 12.9. The fourth-order valence-corrected chi connectivity index (χ4v) is 3.50. The molecular formula is C14H25ClN2O2. The number of nitrogens with zero attached hydrogens (tertiary/aromatic N) is 2. The van der Waals surface area contributed by atoms with Crippen LogP contribution < -0.4 is 0 Å². The molecule has 1 aliphatic carbocycles. The summed E-state index contributed by atoms with van der Waals surface area (Å²) in [6.07, 6.45) is 4.75. The number of aliphatic hydroxyl groups is 1. The molecule has 1 aliphatic heterocycles. The summed E-state index contributed by atoms with van der Waals surface area (Å²) in [6.45, 7) is 2.49. The minimum atomic E-state index is -0.565. The molecule has 5 heteroatoms. The predicted octanol–water partition coefficient (Wildman–Crippen LogP) is 1.14. The number of hydrogen-bond acceptors (Lipinski definition) is 4. The van der Waals surface area contributed by atoms with Crippen LogP contribution in [0.3, 0.4) is 0 Å². The lowest BCUT2D eigenvalue weighted by molar-refractivity contribution is -0.0721. The summed E-state index contributed by atoms with van der Waals surface area (Å²) in [6, 6.07) is 0.679. The minimum absolute atomic E-state index is 0.0181. The second-order valence-electron chi connectivity index (χ2n) is 5.91. The minimum Gasteiger partial charge on any atom is -0.376 e. The largest absolute Gasteiger partial charge is 0.376 e. The number of rotatable bonds is 4. The van der Waals surface area contributed by atoms with Crippen molar-refractivity contribution in [3.05, 3.63) is 12.2 Å². The Hall–Kier alpha value is -0.130. The number of aliphatic hydroxyl groups excluding tert-OH is 1. The van der Waals surface area contributed by atoms with Gasteiger partial charge >= 0.3 is 0 Å². The van der Waals surface area contributed by atoms with E-state index in [2.05, 4.69) is 31.0 Å². The van der Waals surface area contributed by atoms with Crippen molar-refractivity contribution in [3.63, 3.8) is 0 Å². The Labute approximate surface area is 121 Å². The van der Waals surface area contributed by atoms with Crippen molar-refractivity contribution in [2.24, 2.45) is 5.92 Å². The van der Waals surface area contributed by atoms with Crippen LogP contribution in [0.2, 0.25) is 0 Å². The third-order valence-corrected chi connectivity index (χ3v) is 5.21. The van der Waals surface area contributed by atoms with Crippen molar-refractivity contribution in [2.45, 2.75) is 43.1 Å². The van der Waals surface area contributed by atoms with Gasteiger partial charge in [0.2, 0.25) is 0 Å². The quantitative estimate of drug-likeness (QED) is 0.478. The summed E-state index contributed by atoms with van der Waals surface area (Å²) in [4.78, 5) is 4.06. The predicted molar refractivity (Wildman–Crippen MR) is 77.3 cm³/mol. The molecule has 1 saturated heterocycles. The Morgan fingerprint density at radius 1 is 1.53 bits per heavy atom. The monoisotopic (exact) mass is 288 g/mol. The molecule has 1 heterocycles.